The first-order chi connectivity index (χ1) is 28.3. The van der Waals surface area contributed by atoms with Crippen LogP contribution >= 0.6 is 27.4 Å². The second kappa shape index (κ2) is 21.5. The summed E-state index contributed by atoms with van der Waals surface area (Å²) in [6.45, 7) is -1.05. The Morgan fingerprint density at radius 1 is 0.867 bits per heavy atom. The SMILES string of the molecule is O=C(CCCC[C@@H]1SC[C@@H]2NC(=O)N[C@@H]21)NCCCCCC(=O)NNC[C@H]1O[C@H](OP(=O)(O)OP(=O)(O)OC[C@H]2O[C@@H](n3ccc(=O)[nH]c3=O)[C@H](O)[C@@H]2O)[C@H](O)[C@@H](O)[C@H]1O. The number of hydrogen-bond donors (Lipinski definition) is 13. The number of hydrazine groups is 1. The molecule has 0 saturated carbocycles. The fourth-order valence-electron chi connectivity index (χ4n) is 6.86. The number of thioether (sulfide) groups is 1. The fourth-order valence-corrected chi connectivity index (χ4v) is 10.6. The molecule has 340 valence electrons. The van der Waals surface area contributed by atoms with Gasteiger partial charge >= 0.3 is 27.4 Å². The second-order valence-corrected chi connectivity index (χ2v) is 18.7. The Labute approximate surface area is 345 Å². The van der Waals surface area contributed by atoms with Crippen LogP contribution in [-0.2, 0) is 41.6 Å². The summed E-state index contributed by atoms with van der Waals surface area (Å²) in [5.41, 5.74) is 3.05. The minimum atomic E-state index is -5.71. The summed E-state index contributed by atoms with van der Waals surface area (Å²) in [7, 11) is -11.3. The van der Waals surface area contributed by atoms with Gasteiger partial charge in [0, 0.05) is 49.2 Å². The van der Waals surface area contributed by atoms with E-state index >= 15 is 0 Å². The molecule has 13 N–H and O–H groups in total. The van der Waals surface area contributed by atoms with Crippen LogP contribution < -0.4 is 38.1 Å². The van der Waals surface area contributed by atoms with Crippen molar-refractivity contribution in [2.45, 2.75) is 124 Å². The lowest BCUT2D eigenvalue weighted by Gasteiger charge is -2.40. The van der Waals surface area contributed by atoms with E-state index in [1.807, 2.05) is 16.7 Å². The third kappa shape index (κ3) is 13.3. The van der Waals surface area contributed by atoms with Gasteiger partial charge in [-0.2, -0.15) is 16.1 Å². The van der Waals surface area contributed by atoms with Crippen molar-refractivity contribution in [3.63, 3.8) is 0 Å². The van der Waals surface area contributed by atoms with Gasteiger partial charge in [-0.25, -0.2) is 24.1 Å². The monoisotopic (exact) mass is 919 g/mol. The number of unbranched alkanes of at least 4 members (excludes halogenated alkanes) is 3. The lowest BCUT2D eigenvalue weighted by atomic mass is 9.99. The summed E-state index contributed by atoms with van der Waals surface area (Å²) in [4.78, 5) is 81.6. The first kappa shape index (κ1) is 48.2. The number of ether oxygens (including phenoxy) is 2. The molecule has 1 aromatic rings. The number of H-pyrrole nitrogens is 1. The largest absolute Gasteiger partial charge is 0.483 e. The molecule has 14 atom stereocenters. The molecule has 2 unspecified atom stereocenters. The van der Waals surface area contributed by atoms with Gasteiger partial charge in [-0.05, 0) is 25.7 Å². The molecule has 60 heavy (non-hydrogen) atoms. The molecule has 4 aliphatic rings. The number of rotatable bonds is 22. The average molecular weight is 920 g/mol. The molecule has 0 bridgehead atoms. The number of carbonyl (C=O) groups is 3. The van der Waals surface area contributed by atoms with Crippen LogP contribution in [0.15, 0.2) is 21.9 Å². The number of aliphatic hydroxyl groups excluding tert-OH is 5. The van der Waals surface area contributed by atoms with Crippen molar-refractivity contribution in [2.24, 2.45) is 0 Å². The molecule has 0 radical (unpaired) electrons. The zero-order valence-corrected chi connectivity index (χ0v) is 34.5. The predicted octanol–water partition coefficient (Wildman–Crippen LogP) is -3.76. The van der Waals surface area contributed by atoms with E-state index in [4.69, 9.17) is 9.47 Å². The molecule has 4 amide bonds. The van der Waals surface area contributed by atoms with E-state index in [2.05, 4.69) is 40.2 Å². The summed E-state index contributed by atoms with van der Waals surface area (Å²) in [5.74, 6) is 0.360. The Morgan fingerprint density at radius 2 is 1.58 bits per heavy atom. The number of nitrogens with one attached hydrogen (secondary N) is 6. The normalized spacial score (nSPS) is 33.3. The number of aliphatic hydroxyl groups is 5. The molecule has 4 saturated heterocycles. The highest BCUT2D eigenvalue weighted by atomic mass is 32.2. The van der Waals surface area contributed by atoms with Crippen LogP contribution in [0.1, 0.15) is 57.6 Å². The Balaban J connectivity index is 0.947. The van der Waals surface area contributed by atoms with Crippen molar-refractivity contribution in [1.29, 1.82) is 0 Å². The molecule has 0 aliphatic carbocycles. The van der Waals surface area contributed by atoms with E-state index < -0.39 is 101 Å². The van der Waals surface area contributed by atoms with Crippen molar-refractivity contribution in [2.75, 3.05) is 25.4 Å². The molecule has 0 aromatic carbocycles. The minimum Gasteiger partial charge on any atom is -0.388 e. The van der Waals surface area contributed by atoms with Crippen LogP contribution in [0.3, 0.4) is 0 Å². The maximum atomic E-state index is 12.7. The second-order valence-electron chi connectivity index (χ2n) is 14.5. The molecule has 26 nitrogen and oxygen atoms in total. The molecule has 1 aromatic heterocycles. The molecule has 4 fully saturated rings. The van der Waals surface area contributed by atoms with Gasteiger partial charge in [0.15, 0.2) is 12.5 Å². The number of nitrogens with zero attached hydrogens (tertiary/aromatic N) is 1. The summed E-state index contributed by atoms with van der Waals surface area (Å²) in [5, 5.41) is 60.7. The van der Waals surface area contributed by atoms with Crippen molar-refractivity contribution in [3.05, 3.63) is 33.1 Å². The zero-order valence-electron chi connectivity index (χ0n) is 31.8. The van der Waals surface area contributed by atoms with Crippen molar-refractivity contribution in [1.82, 2.24) is 36.4 Å². The summed E-state index contributed by atoms with van der Waals surface area (Å²) < 4.78 is 50.0. The molecule has 4 aliphatic heterocycles. The highest BCUT2D eigenvalue weighted by Gasteiger charge is 2.50. The van der Waals surface area contributed by atoms with Crippen molar-refractivity contribution >= 4 is 45.3 Å². The number of carbonyl (C=O) groups excluding carboxylic acids is 3. The lowest BCUT2D eigenvalue weighted by molar-refractivity contribution is -0.274. The highest BCUT2D eigenvalue weighted by molar-refractivity contribution is 8.00. The van der Waals surface area contributed by atoms with E-state index in [-0.39, 0.29) is 30.4 Å². The molecule has 5 rings (SSSR count). The Morgan fingerprint density at radius 3 is 2.33 bits per heavy atom. The summed E-state index contributed by atoms with van der Waals surface area (Å²) in [6.07, 6.45) is -10.9. The van der Waals surface area contributed by atoms with Gasteiger partial charge in [-0.1, -0.05) is 12.8 Å². The quantitative estimate of drug-likeness (QED) is 0.0230. The lowest BCUT2D eigenvalue weighted by Crippen LogP contribution is -2.61. The number of phosphoric ester groups is 2. The van der Waals surface area contributed by atoms with Crippen LogP contribution in [0, 0.1) is 0 Å². The summed E-state index contributed by atoms with van der Waals surface area (Å²) >= 11 is 1.83. The van der Waals surface area contributed by atoms with Gasteiger partial charge < -0.3 is 60.7 Å². The van der Waals surface area contributed by atoms with Crippen molar-refractivity contribution < 1.29 is 81.7 Å². The molecular formula is C31H51N7O19P2S. The van der Waals surface area contributed by atoms with E-state index in [9.17, 15) is 68.4 Å². The number of hydrogen-bond acceptors (Lipinski definition) is 19. The Bertz CT molecular complexity index is 1860. The summed E-state index contributed by atoms with van der Waals surface area (Å²) in [6, 6.07) is 1.10. The topological polar surface area (TPSA) is 388 Å². The van der Waals surface area contributed by atoms with E-state index in [0.717, 1.165) is 41.8 Å². The fraction of sp³-hybridized carbons (Fsp3) is 0.774. The zero-order chi connectivity index (χ0) is 43.8. The number of amides is 4. The van der Waals surface area contributed by atoms with Crippen molar-refractivity contribution in [3.8, 4) is 0 Å². The van der Waals surface area contributed by atoms with Crippen LogP contribution in [0.4, 0.5) is 4.79 Å². The third-order valence-electron chi connectivity index (χ3n) is 9.99. The smallest absolute Gasteiger partial charge is 0.388 e. The number of fused-ring (bicyclic) bond motifs is 1. The van der Waals surface area contributed by atoms with E-state index in [1.165, 1.54) is 0 Å². The van der Waals surface area contributed by atoms with Gasteiger partial charge in [-0.3, -0.25) is 38.4 Å². The van der Waals surface area contributed by atoms with E-state index in [1.54, 1.807) is 0 Å². The Kier molecular flexibility index (Phi) is 17.3. The molecule has 0 spiro atoms. The van der Waals surface area contributed by atoms with Gasteiger partial charge in [0.1, 0.15) is 42.7 Å². The van der Waals surface area contributed by atoms with Gasteiger partial charge in [0.05, 0.1) is 18.7 Å². The standard InChI is InChI=1S/C31H51N7O19P2S/c39-19(7-4-3-6-18-22-15(14-60-18)34-30(47)36-22)32-10-5-1-2-8-21(41)37-33-12-16-23(42)25(44)27(46)29(55-16)56-59(51,52)57-58(49,50)53-13-17-24(43)26(45)28(54-17)38-11-9-20(40)35-31(38)48/h9,11,15-18,22-29,33,42-46H,1-8,10,12-14H2,(H,32,39)(H,37,41)(H,49,50)(H,51,52)(H2,34,36,47)(H,35,40,48)/t15-,16+,17+,18-,22-,23-,24+,25-,26+,27+,28+,29+/m0/s1. The average Bonchev–Trinajstić information content (AvgIpc) is 3.82. The van der Waals surface area contributed by atoms with E-state index in [0.29, 0.717) is 37.5 Å². The van der Waals surface area contributed by atoms with Crippen LogP contribution in [-0.4, -0.2) is 155 Å². The number of aromatic amines is 1. The molecule has 29 heteroatoms. The maximum Gasteiger partial charge on any atom is 0.483 e. The predicted molar refractivity (Wildman–Crippen MR) is 203 cm³/mol. The van der Waals surface area contributed by atoms with Crippen LogP contribution in [0.2, 0.25) is 0 Å². The molecular weight excluding hydrogens is 868 g/mol. The first-order valence-corrected chi connectivity index (χ1v) is 23.1. The minimum absolute atomic E-state index is 0.0610. The third-order valence-corrected chi connectivity index (χ3v) is 14.1. The molecule has 5 heterocycles. The number of phosphoric acid groups is 2. The van der Waals surface area contributed by atoms with Gasteiger partial charge in [-0.15, -0.1) is 0 Å². The maximum absolute atomic E-state index is 12.7. The van der Waals surface area contributed by atoms with Crippen LogP contribution in [0.5, 0.6) is 0 Å². The van der Waals surface area contributed by atoms with Gasteiger partial charge in [0.25, 0.3) is 5.56 Å². The Hall–Kier alpha value is -2.82. The number of aromatic nitrogens is 2. The van der Waals surface area contributed by atoms with Crippen LogP contribution in [0.25, 0.3) is 0 Å². The first-order valence-electron chi connectivity index (χ1n) is 19.0. The highest BCUT2D eigenvalue weighted by Crippen LogP contribution is 2.61. The number of urea groups is 1. The van der Waals surface area contributed by atoms with Gasteiger partial charge in [0.2, 0.25) is 11.8 Å².